The molecule has 0 aliphatic carbocycles. The van der Waals surface area contributed by atoms with E-state index in [0.29, 0.717) is 41.9 Å². The van der Waals surface area contributed by atoms with Crippen LogP contribution in [0.15, 0.2) is 24.7 Å². The first-order valence-corrected chi connectivity index (χ1v) is 9.57. The third-order valence-electron chi connectivity index (χ3n) is 4.72. The normalized spacial score (nSPS) is 21.1. The van der Waals surface area contributed by atoms with Gasteiger partial charge in [0.2, 0.25) is 5.91 Å². The van der Waals surface area contributed by atoms with Crippen LogP contribution in [-0.2, 0) is 4.79 Å². The van der Waals surface area contributed by atoms with Crippen molar-refractivity contribution < 1.29 is 9.59 Å². The van der Waals surface area contributed by atoms with Gasteiger partial charge in [0, 0.05) is 44.6 Å². The molecule has 8 nitrogen and oxygen atoms in total. The molecule has 2 fully saturated rings. The maximum atomic E-state index is 12.9. The lowest BCUT2D eigenvalue weighted by Gasteiger charge is -2.41. The number of amides is 2. The minimum absolute atomic E-state index is 0.0306. The van der Waals surface area contributed by atoms with Gasteiger partial charge in [0.25, 0.3) is 5.91 Å². The molecular formula is C17H20N6O2S. The van der Waals surface area contributed by atoms with Gasteiger partial charge in [-0.1, -0.05) is 0 Å². The molecule has 4 heterocycles. The number of carbonyl (C=O) groups is 2. The number of piperazine rings is 1. The highest BCUT2D eigenvalue weighted by Crippen LogP contribution is 2.25. The summed E-state index contributed by atoms with van der Waals surface area (Å²) in [5.41, 5.74) is 0. The largest absolute Gasteiger partial charge is 0.336 e. The fourth-order valence-corrected chi connectivity index (χ4v) is 4.27. The van der Waals surface area contributed by atoms with E-state index in [1.54, 1.807) is 24.7 Å². The Morgan fingerprint density at radius 3 is 2.88 bits per heavy atom. The van der Waals surface area contributed by atoms with E-state index in [9.17, 15) is 9.59 Å². The SMILES string of the molecule is O=C(c1cnc(-c2ncccn2)s1)N1CCCC(N2CCNCC2=O)C1. The highest BCUT2D eigenvalue weighted by molar-refractivity contribution is 7.16. The smallest absolute Gasteiger partial charge is 0.265 e. The summed E-state index contributed by atoms with van der Waals surface area (Å²) >= 11 is 1.31. The van der Waals surface area contributed by atoms with Gasteiger partial charge in [0.1, 0.15) is 4.88 Å². The Labute approximate surface area is 155 Å². The summed E-state index contributed by atoms with van der Waals surface area (Å²) in [5.74, 6) is 0.619. The molecule has 2 aliphatic heterocycles. The Morgan fingerprint density at radius 2 is 2.08 bits per heavy atom. The highest BCUT2D eigenvalue weighted by atomic mass is 32.1. The third-order valence-corrected chi connectivity index (χ3v) is 5.71. The quantitative estimate of drug-likeness (QED) is 0.850. The van der Waals surface area contributed by atoms with Gasteiger partial charge < -0.3 is 15.1 Å². The zero-order valence-electron chi connectivity index (χ0n) is 14.3. The first-order valence-electron chi connectivity index (χ1n) is 8.75. The van der Waals surface area contributed by atoms with Crippen LogP contribution in [0.1, 0.15) is 22.5 Å². The lowest BCUT2D eigenvalue weighted by Crippen LogP contribution is -2.57. The third kappa shape index (κ3) is 3.45. The number of nitrogens with zero attached hydrogens (tertiary/aromatic N) is 5. The molecule has 4 rings (SSSR count). The fraction of sp³-hybridized carbons (Fsp3) is 0.471. The number of nitrogens with one attached hydrogen (secondary N) is 1. The zero-order chi connectivity index (χ0) is 17.9. The average molecular weight is 372 g/mol. The molecule has 0 radical (unpaired) electrons. The van der Waals surface area contributed by atoms with Crippen molar-refractivity contribution in [2.24, 2.45) is 0 Å². The van der Waals surface area contributed by atoms with Gasteiger partial charge in [0.15, 0.2) is 10.8 Å². The summed E-state index contributed by atoms with van der Waals surface area (Å²) < 4.78 is 0. The molecule has 2 amide bonds. The second-order valence-electron chi connectivity index (χ2n) is 6.41. The van der Waals surface area contributed by atoms with Gasteiger partial charge in [-0.2, -0.15) is 0 Å². The van der Waals surface area contributed by atoms with Gasteiger partial charge in [0.05, 0.1) is 12.7 Å². The Morgan fingerprint density at radius 1 is 1.23 bits per heavy atom. The number of hydrogen-bond acceptors (Lipinski definition) is 7. The standard InChI is InChI=1S/C17H20N6O2S/c24-14-10-18-6-8-23(14)12-3-1-7-22(11-12)17(25)13-9-21-16(26-13)15-19-4-2-5-20-15/h2,4-5,9,12,18H,1,3,6-8,10-11H2. The summed E-state index contributed by atoms with van der Waals surface area (Å²) in [6.07, 6.45) is 6.76. The van der Waals surface area contributed by atoms with Crippen molar-refractivity contribution in [3.05, 3.63) is 29.5 Å². The summed E-state index contributed by atoms with van der Waals surface area (Å²) in [6.45, 7) is 3.21. The average Bonchev–Trinajstić information content (AvgIpc) is 3.19. The van der Waals surface area contributed by atoms with E-state index in [-0.39, 0.29) is 17.9 Å². The number of aromatic nitrogens is 3. The van der Waals surface area contributed by atoms with Gasteiger partial charge >= 0.3 is 0 Å². The van der Waals surface area contributed by atoms with Gasteiger partial charge in [-0.15, -0.1) is 11.3 Å². The van der Waals surface area contributed by atoms with E-state index in [2.05, 4.69) is 20.3 Å². The summed E-state index contributed by atoms with van der Waals surface area (Å²) in [6, 6.07) is 1.85. The van der Waals surface area contributed by atoms with Crippen molar-refractivity contribution in [1.29, 1.82) is 0 Å². The molecule has 1 atom stereocenters. The number of hydrogen-bond donors (Lipinski definition) is 1. The monoisotopic (exact) mass is 372 g/mol. The Balaban J connectivity index is 1.46. The second kappa shape index (κ2) is 7.46. The first-order chi connectivity index (χ1) is 12.7. The molecule has 136 valence electrons. The van der Waals surface area contributed by atoms with E-state index in [4.69, 9.17) is 0 Å². The van der Waals surface area contributed by atoms with Crippen LogP contribution in [0.5, 0.6) is 0 Å². The van der Waals surface area contributed by atoms with E-state index < -0.39 is 0 Å². The number of carbonyl (C=O) groups excluding carboxylic acids is 2. The van der Waals surface area contributed by atoms with Crippen LogP contribution in [0.4, 0.5) is 0 Å². The van der Waals surface area contributed by atoms with E-state index in [0.717, 1.165) is 19.4 Å². The highest BCUT2D eigenvalue weighted by Gasteiger charge is 2.32. The van der Waals surface area contributed by atoms with E-state index >= 15 is 0 Å². The van der Waals surface area contributed by atoms with Crippen LogP contribution in [0, 0.1) is 0 Å². The van der Waals surface area contributed by atoms with Crippen LogP contribution in [0.25, 0.3) is 10.8 Å². The Hall–Kier alpha value is -2.39. The summed E-state index contributed by atoms with van der Waals surface area (Å²) in [4.78, 5) is 42.0. The number of thiazole rings is 1. The lowest BCUT2D eigenvalue weighted by atomic mass is 10.0. The van der Waals surface area contributed by atoms with Crippen molar-refractivity contribution >= 4 is 23.2 Å². The molecule has 2 saturated heterocycles. The Bertz CT molecular complexity index is 796. The minimum Gasteiger partial charge on any atom is -0.336 e. The topological polar surface area (TPSA) is 91.3 Å². The molecule has 2 aromatic heterocycles. The molecule has 0 bridgehead atoms. The van der Waals surface area contributed by atoms with Crippen LogP contribution < -0.4 is 5.32 Å². The number of piperidine rings is 1. The first kappa shape index (κ1) is 17.0. The molecule has 2 aromatic rings. The predicted molar refractivity (Wildman–Crippen MR) is 96.6 cm³/mol. The molecule has 0 aromatic carbocycles. The zero-order valence-corrected chi connectivity index (χ0v) is 15.1. The molecule has 1 N–H and O–H groups in total. The number of rotatable bonds is 3. The second-order valence-corrected chi connectivity index (χ2v) is 7.44. The molecule has 26 heavy (non-hydrogen) atoms. The maximum absolute atomic E-state index is 12.9. The predicted octanol–water partition coefficient (Wildman–Crippen LogP) is 0.636. The van der Waals surface area contributed by atoms with Crippen LogP contribution in [0.3, 0.4) is 0 Å². The molecule has 0 saturated carbocycles. The van der Waals surface area contributed by atoms with Gasteiger partial charge in [-0.3, -0.25) is 9.59 Å². The fourth-order valence-electron chi connectivity index (χ4n) is 3.44. The summed E-state index contributed by atoms with van der Waals surface area (Å²) in [7, 11) is 0. The van der Waals surface area contributed by atoms with E-state index in [1.807, 2.05) is 9.80 Å². The van der Waals surface area contributed by atoms with Crippen LogP contribution in [0.2, 0.25) is 0 Å². The summed E-state index contributed by atoms with van der Waals surface area (Å²) in [5, 5.41) is 3.73. The molecular weight excluding hydrogens is 352 g/mol. The van der Waals surface area contributed by atoms with Gasteiger partial charge in [-0.05, 0) is 18.9 Å². The molecule has 9 heteroatoms. The Kier molecular flexibility index (Phi) is 4.89. The van der Waals surface area contributed by atoms with Crippen molar-refractivity contribution in [2.45, 2.75) is 18.9 Å². The van der Waals surface area contributed by atoms with Crippen LogP contribution in [-0.4, -0.2) is 75.3 Å². The van der Waals surface area contributed by atoms with Crippen molar-refractivity contribution in [2.75, 3.05) is 32.7 Å². The van der Waals surface area contributed by atoms with Gasteiger partial charge in [-0.25, -0.2) is 15.0 Å². The maximum Gasteiger partial charge on any atom is 0.265 e. The number of likely N-dealkylation sites (tertiary alicyclic amines) is 1. The van der Waals surface area contributed by atoms with Crippen molar-refractivity contribution in [3.8, 4) is 10.8 Å². The van der Waals surface area contributed by atoms with Crippen molar-refractivity contribution in [1.82, 2.24) is 30.1 Å². The van der Waals surface area contributed by atoms with Crippen molar-refractivity contribution in [3.63, 3.8) is 0 Å². The lowest BCUT2D eigenvalue weighted by molar-refractivity contribution is -0.135. The van der Waals surface area contributed by atoms with Crippen LogP contribution >= 0.6 is 11.3 Å². The molecule has 0 spiro atoms. The minimum atomic E-state index is -0.0306. The molecule has 1 unspecified atom stereocenters. The molecule has 2 aliphatic rings. The van der Waals surface area contributed by atoms with E-state index in [1.165, 1.54) is 11.3 Å².